The first kappa shape index (κ1) is 23.8. The molecular formula is C10H21Cl2N3O5. The molecule has 1 atom stereocenters. The molecule has 0 aliphatic carbocycles. The van der Waals surface area contributed by atoms with Gasteiger partial charge in [-0.3, -0.25) is 10.2 Å². The summed E-state index contributed by atoms with van der Waals surface area (Å²) < 4.78 is 4.31. The number of halogens is 2. The number of amidine groups is 1. The van der Waals surface area contributed by atoms with Gasteiger partial charge >= 0.3 is 12.1 Å². The average Bonchev–Trinajstić information content (AvgIpc) is 2.31. The van der Waals surface area contributed by atoms with Crippen LogP contribution in [0.15, 0.2) is 0 Å². The van der Waals surface area contributed by atoms with Crippen molar-refractivity contribution in [3.8, 4) is 0 Å². The quantitative estimate of drug-likeness (QED) is 0.220. The number of carbonyl (C=O) groups is 2. The summed E-state index contributed by atoms with van der Waals surface area (Å²) >= 11 is 0. The van der Waals surface area contributed by atoms with Crippen molar-refractivity contribution in [1.82, 2.24) is 5.06 Å². The fraction of sp³-hybridized carbons (Fsp3) is 0.700. The van der Waals surface area contributed by atoms with Gasteiger partial charge in [-0.15, -0.1) is 24.8 Å². The average molecular weight is 334 g/mol. The van der Waals surface area contributed by atoms with Gasteiger partial charge in [0.1, 0.15) is 11.9 Å². The highest BCUT2D eigenvalue weighted by molar-refractivity contribution is 5.85. The van der Waals surface area contributed by atoms with Crippen molar-refractivity contribution in [3.05, 3.63) is 0 Å². The minimum Gasteiger partial charge on any atom is -0.480 e. The second kappa shape index (κ2) is 12.8. The molecule has 0 amide bonds. The van der Waals surface area contributed by atoms with E-state index >= 15 is 0 Å². The molecule has 0 saturated carbocycles. The van der Waals surface area contributed by atoms with Gasteiger partial charge in [0.2, 0.25) is 0 Å². The highest BCUT2D eigenvalue weighted by atomic mass is 35.5. The number of hydroxylamine groups is 2. The van der Waals surface area contributed by atoms with Gasteiger partial charge in [-0.1, -0.05) is 0 Å². The van der Waals surface area contributed by atoms with Crippen molar-refractivity contribution in [2.75, 3.05) is 13.7 Å². The molecule has 0 aromatic rings. The Hall–Kier alpha value is -1.25. The number of unbranched alkanes of at least 4 members (excludes halogenated alkanes) is 1. The predicted molar refractivity (Wildman–Crippen MR) is 77.6 cm³/mol. The van der Waals surface area contributed by atoms with Gasteiger partial charge < -0.3 is 20.4 Å². The van der Waals surface area contributed by atoms with Crippen LogP contribution in [0, 0.1) is 5.41 Å². The topological polar surface area (TPSA) is 126 Å². The normalized spacial score (nSPS) is 10.3. The van der Waals surface area contributed by atoms with Gasteiger partial charge in [0, 0.05) is 0 Å². The van der Waals surface area contributed by atoms with Crippen LogP contribution in [0.1, 0.15) is 26.2 Å². The Labute approximate surface area is 129 Å². The van der Waals surface area contributed by atoms with Crippen molar-refractivity contribution in [1.29, 1.82) is 5.41 Å². The van der Waals surface area contributed by atoms with E-state index < -0.39 is 18.2 Å². The predicted octanol–water partition coefficient (Wildman–Crippen LogP) is 1.41. The number of nitrogens with two attached hydrogens (primary N) is 1. The number of carbonyl (C=O) groups excluding carboxylic acids is 1. The second-order valence-corrected chi connectivity index (χ2v) is 3.67. The molecule has 8 nitrogen and oxygen atoms in total. The monoisotopic (exact) mass is 333 g/mol. The molecule has 0 aromatic carbocycles. The molecule has 4 N–H and O–H groups in total. The molecule has 0 fully saturated rings. The van der Waals surface area contributed by atoms with Gasteiger partial charge in [0.15, 0.2) is 0 Å². The molecular weight excluding hydrogens is 313 g/mol. The third-order valence-corrected chi connectivity index (χ3v) is 2.17. The minimum atomic E-state index is -1.04. The van der Waals surface area contributed by atoms with Gasteiger partial charge in [-0.2, -0.15) is 5.06 Å². The van der Waals surface area contributed by atoms with Crippen LogP contribution in [0.25, 0.3) is 0 Å². The number of methoxy groups -OCH3 is 1. The van der Waals surface area contributed by atoms with Gasteiger partial charge in [-0.05, 0) is 26.2 Å². The van der Waals surface area contributed by atoms with Crippen LogP contribution in [0.3, 0.4) is 0 Å². The van der Waals surface area contributed by atoms with Crippen molar-refractivity contribution in [3.63, 3.8) is 0 Å². The summed E-state index contributed by atoms with van der Waals surface area (Å²) in [6.07, 6.45) is 0.540. The van der Waals surface area contributed by atoms with Crippen LogP contribution in [0.2, 0.25) is 0 Å². The van der Waals surface area contributed by atoms with Crippen LogP contribution in [-0.4, -0.2) is 47.8 Å². The van der Waals surface area contributed by atoms with Crippen molar-refractivity contribution < 1.29 is 24.3 Å². The van der Waals surface area contributed by atoms with Crippen molar-refractivity contribution in [2.24, 2.45) is 5.73 Å². The summed E-state index contributed by atoms with van der Waals surface area (Å²) in [5.74, 6) is -0.983. The maximum Gasteiger partial charge on any atom is 0.533 e. The molecule has 0 spiro atoms. The van der Waals surface area contributed by atoms with E-state index in [1.807, 2.05) is 0 Å². The second-order valence-electron chi connectivity index (χ2n) is 3.67. The van der Waals surface area contributed by atoms with E-state index in [9.17, 15) is 9.59 Å². The Morgan fingerprint density at radius 3 is 2.30 bits per heavy atom. The van der Waals surface area contributed by atoms with Crippen LogP contribution >= 0.6 is 24.8 Å². The van der Waals surface area contributed by atoms with E-state index in [2.05, 4.69) is 4.74 Å². The zero-order valence-corrected chi connectivity index (χ0v) is 13.0. The lowest BCUT2D eigenvalue weighted by atomic mass is 10.1. The fourth-order valence-corrected chi connectivity index (χ4v) is 1.15. The molecule has 0 radical (unpaired) electrons. The highest BCUT2D eigenvalue weighted by Crippen LogP contribution is 2.03. The number of ether oxygens (including phenoxy) is 1. The van der Waals surface area contributed by atoms with Crippen LogP contribution in [0.5, 0.6) is 0 Å². The van der Waals surface area contributed by atoms with E-state index in [0.29, 0.717) is 19.3 Å². The summed E-state index contributed by atoms with van der Waals surface area (Å²) in [5.41, 5.74) is 5.33. The summed E-state index contributed by atoms with van der Waals surface area (Å²) in [4.78, 5) is 26.1. The third-order valence-electron chi connectivity index (χ3n) is 2.17. The zero-order valence-electron chi connectivity index (χ0n) is 11.3. The molecule has 0 rings (SSSR count). The first-order chi connectivity index (χ1) is 8.38. The number of nitrogens with zero attached hydrogens (tertiary/aromatic N) is 1. The molecule has 0 aromatic heterocycles. The van der Waals surface area contributed by atoms with E-state index in [1.165, 1.54) is 14.0 Å². The van der Waals surface area contributed by atoms with E-state index in [1.54, 1.807) is 0 Å². The van der Waals surface area contributed by atoms with E-state index in [-0.39, 0.29) is 37.2 Å². The molecule has 0 bridgehead atoms. The lowest BCUT2D eigenvalue weighted by Gasteiger charge is -2.20. The molecule has 20 heavy (non-hydrogen) atoms. The van der Waals surface area contributed by atoms with E-state index in [4.69, 9.17) is 21.1 Å². The van der Waals surface area contributed by atoms with Crippen molar-refractivity contribution in [2.45, 2.75) is 32.2 Å². The third kappa shape index (κ3) is 10.7. The maximum atomic E-state index is 10.9. The number of carboxylic acid groups (broad SMARTS) is 1. The maximum absolute atomic E-state index is 10.9. The smallest absolute Gasteiger partial charge is 0.480 e. The number of hydrogen-bond acceptors (Lipinski definition) is 6. The molecule has 0 heterocycles. The molecule has 0 aliphatic rings. The Kier molecular flexibility index (Phi) is 15.2. The fourth-order valence-electron chi connectivity index (χ4n) is 1.15. The summed E-state index contributed by atoms with van der Waals surface area (Å²) in [6, 6.07) is -0.888. The van der Waals surface area contributed by atoms with E-state index in [0.717, 1.165) is 5.06 Å². The SMILES string of the molecule is COC(=O)ON(CCCC[C@H](N)C(=O)O)C(C)=N.Cl.Cl. The number of rotatable bonds is 6. The number of nitrogens with one attached hydrogen (secondary N) is 1. The van der Waals surface area contributed by atoms with Crippen LogP contribution in [-0.2, 0) is 14.4 Å². The highest BCUT2D eigenvalue weighted by Gasteiger charge is 2.14. The first-order valence-electron chi connectivity index (χ1n) is 5.45. The summed E-state index contributed by atoms with van der Waals surface area (Å²) in [5, 5.41) is 17.0. The Bertz CT molecular complexity index is 317. The zero-order chi connectivity index (χ0) is 14.1. The Morgan fingerprint density at radius 1 is 1.35 bits per heavy atom. The number of carboxylic acids is 1. The lowest BCUT2D eigenvalue weighted by Crippen LogP contribution is -2.33. The molecule has 10 heteroatoms. The standard InChI is InChI=1S/C10H19N3O5.2ClH/c1-7(11)13(18-10(16)17-2)6-4-3-5-8(12)9(14)15;;/h8,11H,3-6,12H2,1-2H3,(H,14,15);2*1H/t8-;;/m0../s1. The molecule has 0 unspecified atom stereocenters. The summed E-state index contributed by atoms with van der Waals surface area (Å²) in [7, 11) is 1.17. The molecule has 0 saturated heterocycles. The minimum absolute atomic E-state index is 0. The van der Waals surface area contributed by atoms with Gasteiger partial charge in [0.25, 0.3) is 0 Å². The first-order valence-corrected chi connectivity index (χ1v) is 5.45. The summed E-state index contributed by atoms with van der Waals surface area (Å²) in [6.45, 7) is 1.75. The molecule has 0 aliphatic heterocycles. The van der Waals surface area contributed by atoms with Crippen LogP contribution < -0.4 is 5.73 Å². The van der Waals surface area contributed by atoms with Crippen molar-refractivity contribution >= 4 is 42.8 Å². The van der Waals surface area contributed by atoms with Gasteiger partial charge in [-0.25, -0.2) is 4.79 Å². The van der Waals surface area contributed by atoms with Gasteiger partial charge in [0.05, 0.1) is 13.7 Å². The Balaban J connectivity index is -0.00000144. The molecule has 120 valence electrons. The Morgan fingerprint density at radius 2 is 1.90 bits per heavy atom. The largest absolute Gasteiger partial charge is 0.533 e. The lowest BCUT2D eigenvalue weighted by molar-refractivity contribution is -0.138. The number of hydrogen-bond donors (Lipinski definition) is 3. The number of aliphatic carboxylic acids is 1. The van der Waals surface area contributed by atoms with Crippen LogP contribution in [0.4, 0.5) is 4.79 Å².